The lowest BCUT2D eigenvalue weighted by Crippen LogP contribution is -2.20. The van der Waals surface area contributed by atoms with Crippen LogP contribution in [0.15, 0.2) is 41.6 Å². The Hall–Kier alpha value is -2.60. The van der Waals surface area contributed by atoms with Crippen LogP contribution in [0.2, 0.25) is 5.02 Å². The van der Waals surface area contributed by atoms with E-state index in [1.54, 1.807) is 29.1 Å². The van der Waals surface area contributed by atoms with Crippen molar-refractivity contribution in [1.82, 2.24) is 9.13 Å². The molecule has 1 saturated carbocycles. The maximum Gasteiger partial charge on any atom is 0.341 e. The summed E-state index contributed by atoms with van der Waals surface area (Å²) >= 11 is 6.19. The fourth-order valence-electron chi connectivity index (χ4n) is 2.94. The van der Waals surface area contributed by atoms with Crippen molar-refractivity contribution in [3.8, 4) is 5.69 Å². The average Bonchev–Trinajstić information content (AvgIpc) is 3.24. The van der Waals surface area contributed by atoms with Crippen LogP contribution in [0.25, 0.3) is 16.6 Å². The van der Waals surface area contributed by atoms with Gasteiger partial charge in [0.15, 0.2) is 5.82 Å². The average molecular weight is 347 g/mol. The summed E-state index contributed by atoms with van der Waals surface area (Å²) in [5.41, 5.74) is -0.862. The molecule has 0 bridgehead atoms. The Kier molecular flexibility index (Phi) is 3.25. The van der Waals surface area contributed by atoms with Gasteiger partial charge in [-0.1, -0.05) is 11.6 Å². The highest BCUT2D eigenvalue weighted by Gasteiger charge is 2.29. The lowest BCUT2D eigenvalue weighted by atomic mass is 10.1. The number of pyridine rings is 1. The molecule has 0 radical (unpaired) electrons. The summed E-state index contributed by atoms with van der Waals surface area (Å²) < 4.78 is 18.3. The molecule has 1 aromatic carbocycles. The molecule has 0 aliphatic heterocycles. The van der Waals surface area contributed by atoms with Crippen molar-refractivity contribution in [2.45, 2.75) is 18.9 Å². The van der Waals surface area contributed by atoms with Gasteiger partial charge in [-0.2, -0.15) is 0 Å². The Balaban J connectivity index is 2.15. The number of rotatable bonds is 3. The van der Waals surface area contributed by atoms with Crippen LogP contribution in [-0.2, 0) is 0 Å². The molecule has 0 spiro atoms. The highest BCUT2D eigenvalue weighted by molar-refractivity contribution is 6.33. The molecule has 0 amide bonds. The van der Waals surface area contributed by atoms with Crippen molar-refractivity contribution in [1.29, 1.82) is 0 Å². The first-order valence-electron chi connectivity index (χ1n) is 7.42. The zero-order chi connectivity index (χ0) is 17.0. The Morgan fingerprint density at radius 1 is 1.29 bits per heavy atom. The molecule has 1 fully saturated rings. The third-order valence-electron chi connectivity index (χ3n) is 4.22. The van der Waals surface area contributed by atoms with E-state index in [2.05, 4.69) is 0 Å². The SMILES string of the molecule is O=C(O)c1cn(C2CC2)c2c(F)c(-n3cccc3)c(Cl)cc2c1=O. The van der Waals surface area contributed by atoms with E-state index in [0.717, 1.165) is 12.8 Å². The van der Waals surface area contributed by atoms with Crippen LogP contribution >= 0.6 is 11.6 Å². The number of aromatic carboxylic acids is 1. The normalized spacial score (nSPS) is 14.2. The van der Waals surface area contributed by atoms with E-state index >= 15 is 4.39 Å². The van der Waals surface area contributed by atoms with E-state index in [9.17, 15) is 14.7 Å². The minimum atomic E-state index is -1.33. The van der Waals surface area contributed by atoms with Gasteiger partial charge < -0.3 is 14.2 Å². The van der Waals surface area contributed by atoms with Gasteiger partial charge in [-0.15, -0.1) is 0 Å². The molecular formula is C17H12ClFN2O3. The number of carbonyl (C=O) groups is 1. The predicted octanol–water partition coefficient (Wildman–Crippen LogP) is 3.62. The van der Waals surface area contributed by atoms with Crippen molar-refractivity contribution in [2.24, 2.45) is 0 Å². The first-order chi connectivity index (χ1) is 11.5. The fraction of sp³-hybridized carbons (Fsp3) is 0.176. The molecule has 1 N–H and O–H groups in total. The molecule has 24 heavy (non-hydrogen) atoms. The molecule has 2 aromatic heterocycles. The maximum atomic E-state index is 15.2. The molecule has 2 heterocycles. The second kappa shape index (κ2) is 5.21. The van der Waals surface area contributed by atoms with Gasteiger partial charge in [-0.25, -0.2) is 9.18 Å². The zero-order valence-corrected chi connectivity index (χ0v) is 13.1. The van der Waals surface area contributed by atoms with Crippen molar-refractivity contribution in [3.63, 3.8) is 0 Å². The summed E-state index contributed by atoms with van der Waals surface area (Å²) in [6.45, 7) is 0. The molecule has 1 aliphatic rings. The number of nitrogens with zero attached hydrogens (tertiary/aromatic N) is 2. The lowest BCUT2D eigenvalue weighted by molar-refractivity contribution is 0.0695. The van der Waals surface area contributed by atoms with Gasteiger partial charge in [0, 0.05) is 24.6 Å². The number of hydrogen-bond acceptors (Lipinski definition) is 2. The van der Waals surface area contributed by atoms with Gasteiger partial charge in [0.05, 0.1) is 15.9 Å². The van der Waals surface area contributed by atoms with E-state index in [-0.39, 0.29) is 33.2 Å². The van der Waals surface area contributed by atoms with Gasteiger partial charge in [-0.3, -0.25) is 4.79 Å². The van der Waals surface area contributed by atoms with Crippen LogP contribution in [-0.4, -0.2) is 20.2 Å². The molecule has 4 rings (SSSR count). The summed E-state index contributed by atoms with van der Waals surface area (Å²) in [6, 6.07) is 4.82. The van der Waals surface area contributed by atoms with E-state index in [0.29, 0.717) is 0 Å². The topological polar surface area (TPSA) is 64.2 Å². The lowest BCUT2D eigenvalue weighted by Gasteiger charge is -2.16. The smallest absolute Gasteiger partial charge is 0.341 e. The summed E-state index contributed by atoms with van der Waals surface area (Å²) in [5, 5.41) is 9.29. The molecule has 122 valence electrons. The summed E-state index contributed by atoms with van der Waals surface area (Å²) in [4.78, 5) is 23.8. The molecular weight excluding hydrogens is 335 g/mol. The van der Waals surface area contributed by atoms with E-state index in [1.807, 2.05) is 0 Å². The highest BCUT2D eigenvalue weighted by atomic mass is 35.5. The molecule has 1 aliphatic carbocycles. The second-order valence-corrected chi connectivity index (χ2v) is 6.23. The van der Waals surface area contributed by atoms with Gasteiger partial charge in [-0.05, 0) is 31.0 Å². The van der Waals surface area contributed by atoms with Crippen molar-refractivity contribution >= 4 is 28.5 Å². The number of carboxylic acids is 1. The van der Waals surface area contributed by atoms with E-state index in [1.165, 1.54) is 16.8 Å². The molecule has 3 aromatic rings. The Labute approximate surface area is 140 Å². The summed E-state index contributed by atoms with van der Waals surface area (Å²) in [5.74, 6) is -1.96. The summed E-state index contributed by atoms with van der Waals surface area (Å²) in [6.07, 6.45) is 6.18. The van der Waals surface area contributed by atoms with Crippen LogP contribution in [0.3, 0.4) is 0 Å². The standard InChI is InChI=1S/C17H12ClFN2O3/c18-12-7-10-14(13(19)15(12)20-5-1-2-6-20)21(9-3-4-9)8-11(16(10)22)17(23)24/h1-2,5-9H,3-4H2,(H,23,24). The monoisotopic (exact) mass is 346 g/mol. The number of carboxylic acid groups (broad SMARTS) is 1. The minimum Gasteiger partial charge on any atom is -0.477 e. The fourth-order valence-corrected chi connectivity index (χ4v) is 3.23. The zero-order valence-electron chi connectivity index (χ0n) is 12.4. The first-order valence-corrected chi connectivity index (χ1v) is 7.80. The van der Waals surface area contributed by atoms with Gasteiger partial charge in [0.2, 0.25) is 5.43 Å². The van der Waals surface area contributed by atoms with Crippen LogP contribution in [0.1, 0.15) is 29.2 Å². The van der Waals surface area contributed by atoms with E-state index in [4.69, 9.17) is 11.6 Å². The van der Waals surface area contributed by atoms with Crippen LogP contribution < -0.4 is 5.43 Å². The first kappa shape index (κ1) is 15.0. The van der Waals surface area contributed by atoms with Crippen LogP contribution in [0, 0.1) is 5.82 Å². The summed E-state index contributed by atoms with van der Waals surface area (Å²) in [7, 11) is 0. The predicted molar refractivity (Wildman–Crippen MR) is 87.7 cm³/mol. The third kappa shape index (κ3) is 2.14. The van der Waals surface area contributed by atoms with Crippen LogP contribution in [0.5, 0.6) is 0 Å². The number of hydrogen-bond donors (Lipinski definition) is 1. The number of fused-ring (bicyclic) bond motifs is 1. The van der Waals surface area contributed by atoms with Crippen molar-refractivity contribution in [3.05, 3.63) is 63.4 Å². The number of halogens is 2. The second-order valence-electron chi connectivity index (χ2n) is 5.82. The molecule has 0 saturated heterocycles. The number of aromatic nitrogens is 2. The molecule has 0 unspecified atom stereocenters. The Morgan fingerprint density at radius 2 is 1.96 bits per heavy atom. The van der Waals surface area contributed by atoms with Crippen LogP contribution in [0.4, 0.5) is 4.39 Å². The minimum absolute atomic E-state index is 0.000567. The quantitative estimate of drug-likeness (QED) is 0.787. The van der Waals surface area contributed by atoms with Crippen molar-refractivity contribution < 1.29 is 14.3 Å². The van der Waals surface area contributed by atoms with Crippen molar-refractivity contribution in [2.75, 3.05) is 0 Å². The van der Waals surface area contributed by atoms with Gasteiger partial charge in [0.1, 0.15) is 11.3 Å². The third-order valence-corrected chi connectivity index (χ3v) is 4.51. The van der Waals surface area contributed by atoms with Gasteiger partial charge in [0.25, 0.3) is 0 Å². The number of benzene rings is 1. The molecule has 5 nitrogen and oxygen atoms in total. The molecule has 0 atom stereocenters. The Morgan fingerprint density at radius 3 is 2.54 bits per heavy atom. The Bertz CT molecular complexity index is 1040. The molecule has 7 heteroatoms. The van der Waals surface area contributed by atoms with Gasteiger partial charge >= 0.3 is 5.97 Å². The largest absolute Gasteiger partial charge is 0.477 e. The highest BCUT2D eigenvalue weighted by Crippen LogP contribution is 2.39. The maximum absolute atomic E-state index is 15.2. The van der Waals surface area contributed by atoms with E-state index < -0.39 is 17.2 Å².